The molecule has 1 saturated heterocycles. The molecular formula is C15H19NO7. The van der Waals surface area contributed by atoms with Crippen LogP contribution in [0.3, 0.4) is 0 Å². The third kappa shape index (κ3) is 4.04. The van der Waals surface area contributed by atoms with Crippen LogP contribution in [-0.4, -0.2) is 64.0 Å². The van der Waals surface area contributed by atoms with Crippen LogP contribution in [0.25, 0.3) is 0 Å². The minimum atomic E-state index is -0.890. The van der Waals surface area contributed by atoms with Crippen LogP contribution in [0.5, 0.6) is 17.2 Å². The van der Waals surface area contributed by atoms with Crippen molar-refractivity contribution in [2.75, 3.05) is 19.7 Å². The zero-order valence-corrected chi connectivity index (χ0v) is 12.9. The highest BCUT2D eigenvalue weighted by atomic mass is 16.5. The Hall–Kier alpha value is -2.48. The maximum Gasteiger partial charge on any atom is 0.338 e. The van der Waals surface area contributed by atoms with Gasteiger partial charge in [-0.3, -0.25) is 4.79 Å². The van der Waals surface area contributed by atoms with Crippen molar-refractivity contribution in [3.05, 3.63) is 17.7 Å². The van der Waals surface area contributed by atoms with E-state index in [0.717, 1.165) is 12.1 Å². The molecule has 0 aromatic heterocycles. The molecule has 1 aromatic carbocycles. The van der Waals surface area contributed by atoms with Crippen LogP contribution < -0.4 is 0 Å². The van der Waals surface area contributed by atoms with E-state index in [0.29, 0.717) is 13.1 Å². The number of amides is 1. The number of carbonyl (C=O) groups excluding carboxylic acids is 2. The second-order valence-corrected chi connectivity index (χ2v) is 5.50. The lowest BCUT2D eigenvalue weighted by atomic mass is 10.2. The fraction of sp³-hybridized carbons (Fsp3) is 0.467. The maximum atomic E-state index is 12.1. The molecule has 0 spiro atoms. The van der Waals surface area contributed by atoms with Gasteiger partial charge in [-0.05, 0) is 26.0 Å². The zero-order chi connectivity index (χ0) is 17.1. The van der Waals surface area contributed by atoms with Gasteiger partial charge in [-0.1, -0.05) is 0 Å². The first kappa shape index (κ1) is 16.9. The molecule has 2 rings (SSSR count). The minimum absolute atomic E-state index is 0.0932. The first-order valence-corrected chi connectivity index (χ1v) is 7.13. The summed E-state index contributed by atoms with van der Waals surface area (Å²) in [7, 11) is 0. The van der Waals surface area contributed by atoms with E-state index >= 15 is 0 Å². The summed E-state index contributed by atoms with van der Waals surface area (Å²) >= 11 is 0. The third-order valence-corrected chi connectivity index (χ3v) is 3.40. The molecular weight excluding hydrogens is 306 g/mol. The van der Waals surface area contributed by atoms with E-state index in [1.165, 1.54) is 0 Å². The minimum Gasteiger partial charge on any atom is -0.504 e. The van der Waals surface area contributed by atoms with Crippen LogP contribution >= 0.6 is 0 Å². The van der Waals surface area contributed by atoms with Gasteiger partial charge in [-0.25, -0.2) is 4.79 Å². The Morgan fingerprint density at radius 2 is 1.70 bits per heavy atom. The fourth-order valence-corrected chi connectivity index (χ4v) is 2.41. The molecule has 23 heavy (non-hydrogen) atoms. The number of aromatic hydroxyl groups is 3. The zero-order valence-electron chi connectivity index (χ0n) is 12.9. The van der Waals surface area contributed by atoms with Crippen LogP contribution in [-0.2, 0) is 14.3 Å². The van der Waals surface area contributed by atoms with Gasteiger partial charge in [0, 0.05) is 13.1 Å². The van der Waals surface area contributed by atoms with Crippen LogP contribution in [0.15, 0.2) is 12.1 Å². The van der Waals surface area contributed by atoms with E-state index in [-0.39, 0.29) is 23.7 Å². The maximum absolute atomic E-state index is 12.1. The van der Waals surface area contributed by atoms with Crippen LogP contribution in [0, 0.1) is 0 Å². The number of rotatable bonds is 3. The van der Waals surface area contributed by atoms with Crippen LogP contribution in [0.4, 0.5) is 0 Å². The lowest BCUT2D eigenvalue weighted by molar-refractivity contribution is -0.146. The van der Waals surface area contributed by atoms with Gasteiger partial charge >= 0.3 is 5.97 Å². The number of benzene rings is 1. The number of nitrogens with zero attached hydrogens (tertiary/aromatic N) is 1. The Balaban J connectivity index is 1.95. The number of esters is 1. The molecule has 0 unspecified atom stereocenters. The Morgan fingerprint density at radius 3 is 2.22 bits per heavy atom. The van der Waals surface area contributed by atoms with Gasteiger partial charge in [0.05, 0.1) is 17.8 Å². The first-order valence-electron chi connectivity index (χ1n) is 7.13. The van der Waals surface area contributed by atoms with E-state index in [4.69, 9.17) is 9.47 Å². The average Bonchev–Trinajstić information content (AvgIpc) is 2.48. The quantitative estimate of drug-likeness (QED) is 0.550. The smallest absolute Gasteiger partial charge is 0.338 e. The summed E-state index contributed by atoms with van der Waals surface area (Å²) in [6, 6.07) is 1.89. The van der Waals surface area contributed by atoms with E-state index in [9.17, 15) is 24.9 Å². The second-order valence-electron chi connectivity index (χ2n) is 5.50. The van der Waals surface area contributed by atoms with Gasteiger partial charge in [-0.15, -0.1) is 0 Å². The van der Waals surface area contributed by atoms with Crippen molar-refractivity contribution >= 4 is 11.9 Å². The summed E-state index contributed by atoms with van der Waals surface area (Å²) in [4.78, 5) is 25.5. The number of hydrogen-bond donors (Lipinski definition) is 3. The second kappa shape index (κ2) is 6.74. The van der Waals surface area contributed by atoms with Crippen molar-refractivity contribution in [3.8, 4) is 17.2 Å². The SMILES string of the molecule is C[C@H]1CN(C(=O)COC(=O)c2cc(O)c(O)c(O)c2)C[C@H](C)O1. The number of carbonyl (C=O) groups is 2. The third-order valence-electron chi connectivity index (χ3n) is 3.40. The summed E-state index contributed by atoms with van der Waals surface area (Å²) in [5.74, 6) is -3.28. The molecule has 3 N–H and O–H groups in total. The van der Waals surface area contributed by atoms with Crippen LogP contribution in [0.2, 0.25) is 0 Å². The molecule has 0 bridgehead atoms. The molecule has 0 radical (unpaired) electrons. The topological polar surface area (TPSA) is 117 Å². The summed E-state index contributed by atoms with van der Waals surface area (Å²) < 4.78 is 10.4. The van der Waals surface area contributed by atoms with E-state index in [1.54, 1.807) is 4.90 Å². The van der Waals surface area contributed by atoms with Gasteiger partial charge < -0.3 is 29.7 Å². The average molecular weight is 325 g/mol. The summed E-state index contributed by atoms with van der Waals surface area (Å²) in [5.41, 5.74) is -0.172. The Bertz CT molecular complexity index is 583. The predicted molar refractivity (Wildman–Crippen MR) is 78.3 cm³/mol. The van der Waals surface area contributed by atoms with Crippen molar-refractivity contribution in [2.24, 2.45) is 0 Å². The molecule has 2 atom stereocenters. The molecule has 1 aliphatic heterocycles. The largest absolute Gasteiger partial charge is 0.504 e. The fourth-order valence-electron chi connectivity index (χ4n) is 2.41. The van der Waals surface area contributed by atoms with Crippen molar-refractivity contribution in [1.82, 2.24) is 4.90 Å². The molecule has 1 aliphatic rings. The number of ether oxygens (including phenoxy) is 2. The van der Waals surface area contributed by atoms with Gasteiger partial charge in [0.1, 0.15) is 0 Å². The van der Waals surface area contributed by atoms with E-state index < -0.39 is 29.8 Å². The Kier molecular flexibility index (Phi) is 4.95. The van der Waals surface area contributed by atoms with Crippen molar-refractivity contribution in [3.63, 3.8) is 0 Å². The van der Waals surface area contributed by atoms with Crippen molar-refractivity contribution in [1.29, 1.82) is 0 Å². The summed E-state index contributed by atoms with van der Waals surface area (Å²) in [6.45, 7) is 4.08. The lowest BCUT2D eigenvalue weighted by Crippen LogP contribution is -2.49. The standard InChI is InChI=1S/C15H19NO7/c1-8-5-16(6-9(2)23-8)13(19)7-22-15(21)10-3-11(17)14(20)12(18)4-10/h3-4,8-9,17-18,20H,5-7H2,1-2H3/t8-,9-/m0/s1. The van der Waals surface area contributed by atoms with Gasteiger partial charge in [0.15, 0.2) is 23.9 Å². The van der Waals surface area contributed by atoms with Crippen molar-refractivity contribution in [2.45, 2.75) is 26.1 Å². The summed E-state index contributed by atoms with van der Waals surface area (Å²) in [6.07, 6.45) is -0.186. The number of phenols is 3. The molecule has 0 aliphatic carbocycles. The van der Waals surface area contributed by atoms with Crippen LogP contribution in [0.1, 0.15) is 24.2 Å². The number of hydrogen-bond acceptors (Lipinski definition) is 7. The monoisotopic (exact) mass is 325 g/mol. The van der Waals surface area contributed by atoms with E-state index in [2.05, 4.69) is 0 Å². The van der Waals surface area contributed by atoms with E-state index in [1.807, 2.05) is 13.8 Å². The number of morpholine rings is 1. The molecule has 1 aromatic rings. The number of phenolic OH excluding ortho intramolecular Hbond substituents is 3. The molecule has 126 valence electrons. The molecule has 0 saturated carbocycles. The Labute approximate surface area is 132 Å². The van der Waals surface area contributed by atoms with Crippen molar-refractivity contribution < 1.29 is 34.4 Å². The molecule has 1 heterocycles. The molecule has 1 fully saturated rings. The summed E-state index contributed by atoms with van der Waals surface area (Å²) in [5, 5.41) is 28.0. The van der Waals surface area contributed by atoms with Gasteiger partial charge in [0.2, 0.25) is 0 Å². The van der Waals surface area contributed by atoms with Gasteiger partial charge in [0.25, 0.3) is 5.91 Å². The molecule has 1 amide bonds. The first-order chi connectivity index (χ1) is 10.8. The highest BCUT2D eigenvalue weighted by Crippen LogP contribution is 2.35. The van der Waals surface area contributed by atoms with Gasteiger partial charge in [-0.2, -0.15) is 0 Å². The normalized spacial score (nSPS) is 21.0. The highest BCUT2D eigenvalue weighted by molar-refractivity contribution is 5.92. The molecule has 8 nitrogen and oxygen atoms in total. The Morgan fingerprint density at radius 1 is 1.17 bits per heavy atom. The molecule has 8 heteroatoms. The predicted octanol–water partition coefficient (Wildman–Crippen LogP) is 0.596. The lowest BCUT2D eigenvalue weighted by Gasteiger charge is -2.35. The highest BCUT2D eigenvalue weighted by Gasteiger charge is 2.26.